The van der Waals surface area contributed by atoms with Gasteiger partial charge in [-0.05, 0) is 31.4 Å². The van der Waals surface area contributed by atoms with E-state index in [9.17, 15) is 22.8 Å². The van der Waals surface area contributed by atoms with Crippen LogP contribution in [-0.2, 0) is 4.79 Å². The number of halogens is 3. The number of aliphatic carboxylic acids is 1. The summed E-state index contributed by atoms with van der Waals surface area (Å²) in [5.41, 5.74) is -0.595. The van der Waals surface area contributed by atoms with Crippen LogP contribution in [0.5, 0.6) is 0 Å². The Balaban J connectivity index is 2.07. The Bertz CT molecular complexity index is 562. The lowest BCUT2D eigenvalue weighted by Gasteiger charge is -2.13. The van der Waals surface area contributed by atoms with Crippen molar-refractivity contribution in [1.82, 2.24) is 5.32 Å². The van der Waals surface area contributed by atoms with Crippen molar-refractivity contribution in [2.24, 2.45) is 5.92 Å². The molecule has 0 aromatic heterocycles. The van der Waals surface area contributed by atoms with Gasteiger partial charge >= 0.3 is 5.97 Å². The lowest BCUT2D eigenvalue weighted by molar-refractivity contribution is -0.141. The minimum absolute atomic E-state index is 0.242. The fraction of sp³-hybridized carbons (Fsp3) is 0.385. The van der Waals surface area contributed by atoms with E-state index in [2.05, 4.69) is 5.32 Å². The van der Waals surface area contributed by atoms with E-state index in [1.807, 2.05) is 0 Å². The zero-order valence-corrected chi connectivity index (χ0v) is 10.3. The monoisotopic (exact) mass is 287 g/mol. The molecule has 0 spiro atoms. The van der Waals surface area contributed by atoms with E-state index in [1.165, 1.54) is 0 Å². The molecule has 1 saturated carbocycles. The summed E-state index contributed by atoms with van der Waals surface area (Å²) >= 11 is 0. The number of hydrogen-bond acceptors (Lipinski definition) is 2. The standard InChI is InChI=1S/C13H12F3NO3/c14-9-4-3-8(10(15)11(9)16)12(18)17-7-2-1-6(5-7)13(19)20/h3-4,6-7H,1-2,5H2,(H,17,18)(H,19,20)/t6-,7+/m1/s1. The normalized spacial score (nSPS) is 21.8. The summed E-state index contributed by atoms with van der Waals surface area (Å²) in [6, 6.07) is 1.12. The molecule has 1 aliphatic rings. The summed E-state index contributed by atoms with van der Waals surface area (Å²) in [5.74, 6) is -6.98. The number of amides is 1. The topological polar surface area (TPSA) is 66.4 Å². The van der Waals surface area contributed by atoms with Crippen LogP contribution < -0.4 is 5.32 Å². The molecule has 0 heterocycles. The first kappa shape index (κ1) is 14.4. The molecule has 0 unspecified atom stereocenters. The zero-order valence-electron chi connectivity index (χ0n) is 10.3. The molecule has 1 amide bonds. The van der Waals surface area contributed by atoms with Gasteiger partial charge in [0.25, 0.3) is 5.91 Å². The molecule has 2 atom stereocenters. The molecule has 7 heteroatoms. The largest absolute Gasteiger partial charge is 0.481 e. The molecule has 0 saturated heterocycles. The summed E-state index contributed by atoms with van der Waals surface area (Å²) in [7, 11) is 0. The molecule has 2 N–H and O–H groups in total. The van der Waals surface area contributed by atoms with Crippen molar-refractivity contribution in [1.29, 1.82) is 0 Å². The first-order valence-corrected chi connectivity index (χ1v) is 6.07. The van der Waals surface area contributed by atoms with Crippen molar-refractivity contribution in [3.63, 3.8) is 0 Å². The fourth-order valence-corrected chi connectivity index (χ4v) is 2.30. The van der Waals surface area contributed by atoms with Gasteiger partial charge in [0.05, 0.1) is 11.5 Å². The third kappa shape index (κ3) is 2.76. The number of hydrogen-bond donors (Lipinski definition) is 2. The number of carboxylic acid groups (broad SMARTS) is 1. The third-order valence-corrected chi connectivity index (χ3v) is 3.40. The SMILES string of the molecule is O=C(N[C@H]1CC[C@@H](C(=O)O)C1)c1ccc(F)c(F)c1F. The molecular formula is C13H12F3NO3. The van der Waals surface area contributed by atoms with Crippen molar-refractivity contribution < 1.29 is 27.9 Å². The average molecular weight is 287 g/mol. The average Bonchev–Trinajstić information content (AvgIpc) is 2.84. The molecule has 1 fully saturated rings. The quantitative estimate of drug-likeness (QED) is 0.836. The van der Waals surface area contributed by atoms with Crippen molar-refractivity contribution in [2.75, 3.05) is 0 Å². The summed E-state index contributed by atoms with van der Waals surface area (Å²) in [6.45, 7) is 0. The lowest BCUT2D eigenvalue weighted by atomic mass is 10.1. The smallest absolute Gasteiger partial charge is 0.306 e. The molecule has 2 rings (SSSR count). The molecule has 0 radical (unpaired) electrons. The molecular weight excluding hydrogens is 275 g/mol. The summed E-state index contributed by atoms with van der Waals surface area (Å²) < 4.78 is 39.2. The molecule has 1 aromatic rings. The van der Waals surface area contributed by atoms with Gasteiger partial charge in [-0.2, -0.15) is 0 Å². The minimum Gasteiger partial charge on any atom is -0.481 e. The molecule has 20 heavy (non-hydrogen) atoms. The van der Waals surface area contributed by atoms with Crippen molar-refractivity contribution in [2.45, 2.75) is 25.3 Å². The Kier molecular flexibility index (Phi) is 3.96. The number of carboxylic acids is 1. The minimum atomic E-state index is -1.70. The predicted molar refractivity (Wildman–Crippen MR) is 62.5 cm³/mol. The van der Waals surface area contributed by atoms with Gasteiger partial charge in [-0.25, -0.2) is 13.2 Å². The van der Waals surface area contributed by atoms with Gasteiger partial charge in [0.2, 0.25) is 0 Å². The van der Waals surface area contributed by atoms with Gasteiger partial charge in [-0.3, -0.25) is 9.59 Å². The van der Waals surface area contributed by atoms with Gasteiger partial charge in [0.15, 0.2) is 17.5 Å². The number of carbonyl (C=O) groups excluding carboxylic acids is 1. The molecule has 0 bridgehead atoms. The van der Waals surface area contributed by atoms with Gasteiger partial charge in [-0.1, -0.05) is 0 Å². The maximum atomic E-state index is 13.4. The van der Waals surface area contributed by atoms with E-state index >= 15 is 0 Å². The number of rotatable bonds is 3. The summed E-state index contributed by atoms with van der Waals surface area (Å²) in [6.07, 6.45) is 1.11. The van der Waals surface area contributed by atoms with Crippen LogP contribution in [0.2, 0.25) is 0 Å². The second kappa shape index (κ2) is 5.52. The van der Waals surface area contributed by atoms with E-state index < -0.39 is 46.9 Å². The molecule has 4 nitrogen and oxygen atoms in total. The highest BCUT2D eigenvalue weighted by Crippen LogP contribution is 2.26. The second-order valence-corrected chi connectivity index (χ2v) is 4.74. The molecule has 1 aliphatic carbocycles. The van der Waals surface area contributed by atoms with Crippen LogP contribution in [-0.4, -0.2) is 23.0 Å². The Hall–Kier alpha value is -2.05. The van der Waals surface area contributed by atoms with Crippen LogP contribution in [0.3, 0.4) is 0 Å². The number of benzene rings is 1. The number of nitrogens with one attached hydrogen (secondary N) is 1. The van der Waals surface area contributed by atoms with Gasteiger partial charge < -0.3 is 10.4 Å². The van der Waals surface area contributed by atoms with Crippen LogP contribution in [0.25, 0.3) is 0 Å². The summed E-state index contributed by atoms with van der Waals surface area (Å²) in [4.78, 5) is 22.5. The predicted octanol–water partition coefficient (Wildman–Crippen LogP) is 2.09. The van der Waals surface area contributed by atoms with Crippen LogP contribution in [0, 0.1) is 23.4 Å². The van der Waals surface area contributed by atoms with Gasteiger partial charge in [-0.15, -0.1) is 0 Å². The Labute approximate surface area is 112 Å². The van der Waals surface area contributed by atoms with Crippen LogP contribution >= 0.6 is 0 Å². The first-order chi connectivity index (χ1) is 9.40. The molecule has 0 aliphatic heterocycles. The lowest BCUT2D eigenvalue weighted by Crippen LogP contribution is -2.34. The van der Waals surface area contributed by atoms with Gasteiger partial charge in [0.1, 0.15) is 0 Å². The molecule has 1 aromatic carbocycles. The van der Waals surface area contributed by atoms with Crippen molar-refractivity contribution in [3.8, 4) is 0 Å². The fourth-order valence-electron chi connectivity index (χ4n) is 2.30. The Morgan fingerprint density at radius 3 is 2.45 bits per heavy atom. The third-order valence-electron chi connectivity index (χ3n) is 3.40. The van der Waals surface area contributed by atoms with E-state index in [0.717, 1.165) is 6.07 Å². The maximum absolute atomic E-state index is 13.4. The first-order valence-electron chi connectivity index (χ1n) is 6.07. The van der Waals surface area contributed by atoms with E-state index in [4.69, 9.17) is 5.11 Å². The summed E-state index contributed by atoms with van der Waals surface area (Å²) in [5, 5.41) is 11.3. The van der Waals surface area contributed by atoms with E-state index in [0.29, 0.717) is 18.9 Å². The van der Waals surface area contributed by atoms with Gasteiger partial charge in [0, 0.05) is 6.04 Å². The maximum Gasteiger partial charge on any atom is 0.306 e. The zero-order chi connectivity index (χ0) is 14.9. The highest BCUT2D eigenvalue weighted by Gasteiger charge is 2.31. The Morgan fingerprint density at radius 1 is 1.15 bits per heavy atom. The van der Waals surface area contributed by atoms with Crippen molar-refractivity contribution >= 4 is 11.9 Å². The van der Waals surface area contributed by atoms with Crippen molar-refractivity contribution in [3.05, 3.63) is 35.1 Å². The second-order valence-electron chi connectivity index (χ2n) is 4.74. The van der Waals surface area contributed by atoms with Crippen LogP contribution in [0.1, 0.15) is 29.6 Å². The van der Waals surface area contributed by atoms with Crippen LogP contribution in [0.4, 0.5) is 13.2 Å². The number of carbonyl (C=O) groups is 2. The van der Waals surface area contributed by atoms with E-state index in [1.54, 1.807) is 0 Å². The Morgan fingerprint density at radius 2 is 1.85 bits per heavy atom. The van der Waals surface area contributed by atoms with Crippen LogP contribution in [0.15, 0.2) is 12.1 Å². The highest BCUT2D eigenvalue weighted by atomic mass is 19.2. The van der Waals surface area contributed by atoms with E-state index in [-0.39, 0.29) is 6.42 Å². The highest BCUT2D eigenvalue weighted by molar-refractivity contribution is 5.94. The molecule has 108 valence electrons.